The number of hydrogen-bond acceptors (Lipinski definition) is 6. The summed E-state index contributed by atoms with van der Waals surface area (Å²) in [4.78, 5) is 29.3. The van der Waals surface area contributed by atoms with Gasteiger partial charge in [0, 0.05) is 35.6 Å². The molecule has 0 aromatic heterocycles. The molecule has 232 valence electrons. The Bertz CT molecular complexity index is 1500. The molecular weight excluding hydrogens is 613 g/mol. The summed E-state index contributed by atoms with van der Waals surface area (Å²) in [6.45, 7) is 1.81. The van der Waals surface area contributed by atoms with E-state index < -0.39 is 28.5 Å². The number of amides is 2. The first-order valence-corrected chi connectivity index (χ1v) is 16.3. The predicted molar refractivity (Wildman–Crippen MR) is 171 cm³/mol. The SMILES string of the molecule is CCCCNC(=O)[C@H](Cc1ccccc1)N(Cc1ccc(Cl)cc1Cl)C(=O)CN(c1ccc(OC)c(OC)c1)S(C)(=O)=O. The number of benzene rings is 3. The van der Waals surface area contributed by atoms with Crippen LogP contribution in [0.3, 0.4) is 0 Å². The number of nitrogens with zero attached hydrogens (tertiary/aromatic N) is 2. The standard InChI is InChI=1S/C31H37Cl2N3O6S/c1-5-6-16-34-31(38)27(17-22-10-8-7-9-11-22)35(20-23-12-13-24(32)18-26(23)33)30(37)21-36(43(4,39)40)25-14-15-28(41-2)29(19-25)42-3/h7-15,18-19,27H,5-6,16-17,20-21H2,1-4H3,(H,34,38)/t27-/m0/s1. The summed E-state index contributed by atoms with van der Waals surface area (Å²) >= 11 is 12.6. The Hall–Kier alpha value is -3.47. The second-order valence-corrected chi connectivity index (χ2v) is 12.7. The third-order valence-electron chi connectivity index (χ3n) is 6.79. The van der Waals surface area contributed by atoms with E-state index in [0.717, 1.165) is 29.0 Å². The Morgan fingerprint density at radius 1 is 0.953 bits per heavy atom. The quantitative estimate of drug-likeness (QED) is 0.223. The zero-order valence-electron chi connectivity index (χ0n) is 24.7. The van der Waals surface area contributed by atoms with Crippen LogP contribution in [0.4, 0.5) is 5.69 Å². The van der Waals surface area contributed by atoms with Gasteiger partial charge < -0.3 is 19.7 Å². The number of carbonyl (C=O) groups is 2. The first kappa shape index (κ1) is 34.0. The summed E-state index contributed by atoms with van der Waals surface area (Å²) in [7, 11) is -1.06. The Kier molecular flexibility index (Phi) is 12.5. The summed E-state index contributed by atoms with van der Waals surface area (Å²) in [6.07, 6.45) is 2.85. The zero-order valence-corrected chi connectivity index (χ0v) is 27.0. The van der Waals surface area contributed by atoms with Gasteiger partial charge in [0.1, 0.15) is 12.6 Å². The molecule has 12 heteroatoms. The largest absolute Gasteiger partial charge is 0.493 e. The fourth-order valence-electron chi connectivity index (χ4n) is 4.49. The molecule has 0 radical (unpaired) electrons. The van der Waals surface area contributed by atoms with Crippen molar-refractivity contribution in [3.8, 4) is 11.5 Å². The minimum atomic E-state index is -3.95. The van der Waals surface area contributed by atoms with Gasteiger partial charge in [-0.2, -0.15) is 0 Å². The Balaban J connectivity index is 2.09. The van der Waals surface area contributed by atoms with Gasteiger partial charge in [-0.05, 0) is 41.8 Å². The van der Waals surface area contributed by atoms with Crippen LogP contribution in [-0.4, -0.2) is 64.7 Å². The van der Waals surface area contributed by atoms with Crippen molar-refractivity contribution < 1.29 is 27.5 Å². The normalized spacial score (nSPS) is 11.9. The number of anilines is 1. The van der Waals surface area contributed by atoms with Crippen molar-refractivity contribution in [3.63, 3.8) is 0 Å². The number of carbonyl (C=O) groups excluding carboxylic acids is 2. The average molecular weight is 651 g/mol. The molecule has 0 unspecified atom stereocenters. The number of nitrogens with one attached hydrogen (secondary N) is 1. The van der Waals surface area contributed by atoms with Gasteiger partial charge in [-0.25, -0.2) is 8.42 Å². The maximum Gasteiger partial charge on any atom is 0.244 e. The lowest BCUT2D eigenvalue weighted by Crippen LogP contribution is -2.53. The summed E-state index contributed by atoms with van der Waals surface area (Å²) in [5.41, 5.74) is 1.58. The second-order valence-electron chi connectivity index (χ2n) is 9.92. The Morgan fingerprint density at radius 2 is 1.65 bits per heavy atom. The van der Waals surface area contributed by atoms with Crippen molar-refractivity contribution in [2.75, 3.05) is 37.9 Å². The summed E-state index contributed by atoms with van der Waals surface area (Å²) in [6, 6.07) is 17.8. The number of hydrogen-bond donors (Lipinski definition) is 1. The maximum atomic E-state index is 14.2. The molecule has 3 rings (SSSR count). The summed E-state index contributed by atoms with van der Waals surface area (Å²) < 4.78 is 37.7. The van der Waals surface area contributed by atoms with Gasteiger partial charge in [-0.1, -0.05) is 72.9 Å². The van der Waals surface area contributed by atoms with E-state index in [1.165, 1.54) is 31.3 Å². The van der Waals surface area contributed by atoms with Gasteiger partial charge in [-0.3, -0.25) is 13.9 Å². The minimum Gasteiger partial charge on any atom is -0.493 e. The third-order valence-corrected chi connectivity index (χ3v) is 8.52. The van der Waals surface area contributed by atoms with Gasteiger partial charge in [0.2, 0.25) is 21.8 Å². The molecule has 0 aliphatic heterocycles. The van der Waals surface area contributed by atoms with Crippen LogP contribution in [0.25, 0.3) is 0 Å². The van der Waals surface area contributed by atoms with Crippen LogP contribution in [0.5, 0.6) is 11.5 Å². The minimum absolute atomic E-state index is 0.0585. The molecule has 2 amide bonds. The van der Waals surface area contributed by atoms with Gasteiger partial charge in [0.15, 0.2) is 11.5 Å². The van der Waals surface area contributed by atoms with Crippen molar-refractivity contribution in [1.82, 2.24) is 10.2 Å². The van der Waals surface area contributed by atoms with Gasteiger partial charge >= 0.3 is 0 Å². The van der Waals surface area contributed by atoms with E-state index in [1.54, 1.807) is 24.3 Å². The van der Waals surface area contributed by atoms with Crippen LogP contribution < -0.4 is 19.1 Å². The topological polar surface area (TPSA) is 105 Å². The van der Waals surface area contributed by atoms with Gasteiger partial charge in [0.25, 0.3) is 0 Å². The molecule has 1 N–H and O–H groups in total. The number of methoxy groups -OCH3 is 2. The fourth-order valence-corrected chi connectivity index (χ4v) is 5.80. The lowest BCUT2D eigenvalue weighted by molar-refractivity contribution is -0.140. The molecule has 0 spiro atoms. The van der Waals surface area contributed by atoms with Crippen molar-refractivity contribution in [2.45, 2.75) is 38.8 Å². The molecule has 3 aromatic rings. The first-order valence-electron chi connectivity index (χ1n) is 13.7. The zero-order chi connectivity index (χ0) is 31.6. The van der Waals surface area contributed by atoms with Crippen LogP contribution in [-0.2, 0) is 32.6 Å². The molecule has 0 aliphatic rings. The third kappa shape index (κ3) is 9.51. The van der Waals surface area contributed by atoms with E-state index in [0.29, 0.717) is 33.7 Å². The molecule has 0 saturated heterocycles. The van der Waals surface area contributed by atoms with E-state index in [2.05, 4.69) is 5.32 Å². The lowest BCUT2D eigenvalue weighted by atomic mass is 10.0. The number of rotatable bonds is 15. The molecule has 0 heterocycles. The van der Waals surface area contributed by atoms with Gasteiger partial charge in [0.05, 0.1) is 26.2 Å². The number of unbranched alkanes of at least 4 members (excludes halogenated alkanes) is 1. The monoisotopic (exact) mass is 649 g/mol. The number of ether oxygens (including phenoxy) is 2. The first-order chi connectivity index (χ1) is 20.5. The van der Waals surface area contributed by atoms with Crippen LogP contribution in [0.1, 0.15) is 30.9 Å². The van der Waals surface area contributed by atoms with E-state index >= 15 is 0 Å². The average Bonchev–Trinajstić information content (AvgIpc) is 2.98. The highest BCUT2D eigenvalue weighted by atomic mass is 35.5. The van der Waals surface area contributed by atoms with Crippen molar-refractivity contribution in [1.29, 1.82) is 0 Å². The Morgan fingerprint density at radius 3 is 2.26 bits per heavy atom. The predicted octanol–water partition coefficient (Wildman–Crippen LogP) is 5.33. The van der Waals surface area contributed by atoms with Crippen LogP contribution in [0.2, 0.25) is 10.0 Å². The highest BCUT2D eigenvalue weighted by molar-refractivity contribution is 7.92. The molecule has 9 nitrogen and oxygen atoms in total. The van der Waals surface area contributed by atoms with Gasteiger partial charge in [-0.15, -0.1) is 0 Å². The molecule has 43 heavy (non-hydrogen) atoms. The smallest absolute Gasteiger partial charge is 0.244 e. The van der Waals surface area contributed by atoms with Crippen molar-refractivity contribution in [3.05, 3.63) is 87.9 Å². The molecular formula is C31H37Cl2N3O6S. The molecule has 1 atom stereocenters. The second kappa shape index (κ2) is 15.8. The molecule has 0 saturated carbocycles. The lowest BCUT2D eigenvalue weighted by Gasteiger charge is -2.33. The van der Waals surface area contributed by atoms with Crippen LogP contribution in [0, 0.1) is 0 Å². The van der Waals surface area contributed by atoms with Crippen molar-refractivity contribution >= 4 is 50.7 Å². The van der Waals surface area contributed by atoms with Crippen LogP contribution >= 0.6 is 23.2 Å². The van der Waals surface area contributed by atoms with E-state index in [9.17, 15) is 18.0 Å². The van der Waals surface area contributed by atoms with Crippen LogP contribution in [0.15, 0.2) is 66.7 Å². The maximum absolute atomic E-state index is 14.2. The van der Waals surface area contributed by atoms with E-state index in [1.807, 2.05) is 37.3 Å². The molecule has 0 aliphatic carbocycles. The number of halogens is 2. The highest BCUT2D eigenvalue weighted by Gasteiger charge is 2.33. The summed E-state index contributed by atoms with van der Waals surface area (Å²) in [5, 5.41) is 3.68. The van der Waals surface area contributed by atoms with Crippen molar-refractivity contribution in [2.24, 2.45) is 0 Å². The van der Waals surface area contributed by atoms with E-state index in [-0.39, 0.29) is 24.6 Å². The van der Waals surface area contributed by atoms with E-state index in [4.69, 9.17) is 32.7 Å². The number of sulfonamides is 1. The fraction of sp³-hybridized carbons (Fsp3) is 0.355. The molecule has 0 bridgehead atoms. The molecule has 3 aromatic carbocycles. The highest BCUT2D eigenvalue weighted by Crippen LogP contribution is 2.33. The molecule has 0 fully saturated rings. The summed E-state index contributed by atoms with van der Waals surface area (Å²) in [5.74, 6) is -0.259. The Labute approximate surface area is 263 Å².